The number of thiocarbonyl (C=S) groups is 1. The number of fused-ring (bicyclic) bond motifs is 8. The molecule has 0 fully saturated rings. The number of rotatable bonds is 10. The molecule has 34 nitrogen and oxygen atoms in total. The Morgan fingerprint density at radius 2 is 0.825 bits per heavy atom. The molecule has 0 saturated carbocycles. The molecule has 8 aromatic carbocycles. The summed E-state index contributed by atoms with van der Waals surface area (Å²) in [4.78, 5) is 52.3. The number of methoxy groups -OCH3 is 7. The number of carbonyl (C=O) groups excluding carboxylic acids is 2. The number of nitro groups is 2. The number of alkyl halides is 1. The first kappa shape index (κ1) is 131. The maximum atomic E-state index is 14.4. The van der Waals surface area contributed by atoms with Crippen molar-refractivity contribution in [2.45, 2.75) is 145 Å². The van der Waals surface area contributed by atoms with Crippen LogP contribution in [-0.2, 0) is 38.3 Å². The molecule has 787 valence electrons. The Kier molecular flexibility index (Phi) is 51.2. The van der Waals surface area contributed by atoms with Crippen LogP contribution in [0.2, 0.25) is 0 Å². The molecule has 16 N–H and O–H groups in total. The van der Waals surface area contributed by atoms with Crippen LogP contribution in [0.25, 0.3) is 11.4 Å². The molecule has 0 saturated heterocycles. The zero-order valence-electron chi connectivity index (χ0n) is 79.8. The molecular formula is C87H104BBr2F16IN17O17S2. The first-order chi connectivity index (χ1) is 65.3. The number of phenols is 1. The minimum absolute atomic E-state index is 0. The molecular weight excluding hydrogens is 2220 g/mol. The number of hydrogen-bond donors (Lipinski definition) is 12. The van der Waals surface area contributed by atoms with E-state index < -0.39 is 154 Å². The third-order valence-corrected chi connectivity index (χ3v) is 20.9. The van der Waals surface area contributed by atoms with Crippen molar-refractivity contribution < 1.29 is 143 Å². The van der Waals surface area contributed by atoms with Gasteiger partial charge in [0.2, 0.25) is 0 Å². The first-order valence-corrected chi connectivity index (χ1v) is 43.9. The van der Waals surface area contributed by atoms with Crippen molar-refractivity contribution in [2.24, 2.45) is 10.0 Å². The number of phenolic OH excluding ortho intramolecular Hbond substituents is 1. The summed E-state index contributed by atoms with van der Waals surface area (Å²) in [5, 5.41) is 72.1. The number of anilines is 6. The van der Waals surface area contributed by atoms with Gasteiger partial charge in [-0.15, -0.1) is 20.4 Å². The van der Waals surface area contributed by atoms with Crippen LogP contribution in [0.5, 0.6) is 46.0 Å². The predicted molar refractivity (Wildman–Crippen MR) is 528 cm³/mol. The Balaban J connectivity index is 0.00000158. The average molecular weight is 2330 g/mol. The number of benzene rings is 8. The number of nitro benzene ring substituents is 2. The number of Topliss-reactive ketones (excluding diaryl/α,β-unsaturated/α-hetero) is 2. The summed E-state index contributed by atoms with van der Waals surface area (Å²) >= 11 is 16.5. The van der Waals surface area contributed by atoms with Crippen LogP contribution in [-0.4, -0.2) is 163 Å². The number of carbonyl (C=O) groups is 3. The Bertz CT molecular complexity index is 6150. The molecule has 0 bridgehead atoms. The molecule has 4 aliphatic heterocycles. The SMILES string of the molecule is C.CC(C)(N)C(=O)O.CC(C)=O.CI.CO.COc1c(Br)c(F)c(F)c2c1-n1c(C)nnc1C(C)(C)N2.COc1cc(F)c(F)c(Br)c1N.COc1cc(F)c(F)c2c1-n1c(C)nnc1C(C)(C)N2.COc1cc(F)c(F)c2c1CC(=O)C(C)(C)N2.COc1cc(F)c(F)c2c1CC(=S)C(C)(C)N2.COc1cc(F)c(F)cc1N.COc1cc(F)c(F)cc1[N+](=O)[O-].N.O=[N+]([O-])c1cc(F)c(F)cc1O.[B]=NS. The van der Waals surface area contributed by atoms with Crippen LogP contribution in [0, 0.1) is 127 Å². The van der Waals surface area contributed by atoms with Gasteiger partial charge in [0, 0.05) is 84.5 Å². The molecule has 143 heavy (non-hydrogen) atoms. The average Bonchev–Trinajstić information content (AvgIpc) is 1.66. The number of carboxylic acid groups (broad SMARTS) is 1. The van der Waals surface area contributed by atoms with E-state index in [-0.39, 0.29) is 109 Å². The summed E-state index contributed by atoms with van der Waals surface area (Å²) in [5.74, 6) is -15.2. The van der Waals surface area contributed by atoms with Crippen molar-refractivity contribution >= 4 is 155 Å². The van der Waals surface area contributed by atoms with E-state index in [9.17, 15) is 105 Å². The van der Waals surface area contributed by atoms with Gasteiger partial charge in [-0.2, -0.15) is 0 Å². The second-order valence-electron chi connectivity index (χ2n) is 31.1. The van der Waals surface area contributed by atoms with Crippen molar-refractivity contribution in [3.8, 4) is 57.4 Å². The van der Waals surface area contributed by atoms with Gasteiger partial charge in [-0.25, -0.2) is 70.2 Å². The molecule has 1 radical (unpaired) electrons. The van der Waals surface area contributed by atoms with E-state index in [2.05, 4.69) is 130 Å². The number of thiol groups is 1. The number of halogens is 19. The molecule has 0 spiro atoms. The number of nitrogens with zero attached hydrogens (tertiary/aromatic N) is 9. The van der Waals surface area contributed by atoms with E-state index in [0.29, 0.717) is 82.2 Å². The monoisotopic (exact) mass is 2320 g/mol. The fourth-order valence-electron chi connectivity index (χ4n) is 11.8. The van der Waals surface area contributed by atoms with Gasteiger partial charge in [-0.05, 0) is 134 Å². The molecule has 0 amide bonds. The zero-order valence-corrected chi connectivity index (χ0v) is 86.9. The number of nitrogen functional groups attached to an aromatic ring is 2. The van der Waals surface area contributed by atoms with Gasteiger partial charge in [0.1, 0.15) is 78.9 Å². The predicted octanol–water partition coefficient (Wildman–Crippen LogP) is 20.6. The van der Waals surface area contributed by atoms with E-state index in [1.807, 2.05) is 46.5 Å². The van der Waals surface area contributed by atoms with Gasteiger partial charge in [-0.1, -0.05) is 42.2 Å². The summed E-state index contributed by atoms with van der Waals surface area (Å²) in [6.45, 7) is 23.7. The summed E-state index contributed by atoms with van der Waals surface area (Å²) < 4.78 is 250. The summed E-state index contributed by atoms with van der Waals surface area (Å²) in [6, 6.07) is 7.52. The number of aliphatic carboxylic acids is 1. The molecule has 0 atom stereocenters. The maximum absolute atomic E-state index is 14.4. The van der Waals surface area contributed by atoms with E-state index in [1.165, 1.54) is 70.4 Å². The number of aliphatic hydroxyl groups is 1. The third-order valence-electron chi connectivity index (χ3n) is 18.7. The number of nitrogens with two attached hydrogens (primary N) is 3. The number of aliphatic hydroxyl groups excluding tert-OH is 1. The van der Waals surface area contributed by atoms with Crippen molar-refractivity contribution in [1.82, 2.24) is 35.7 Å². The van der Waals surface area contributed by atoms with Gasteiger partial charge in [-0.3, -0.25) is 39.0 Å². The van der Waals surface area contributed by atoms with Crippen LogP contribution >= 0.6 is 79.5 Å². The number of aryl methyl sites for hydroxylation is 2. The second kappa shape index (κ2) is 56.0. The quantitative estimate of drug-likeness (QED) is 0.00578. The minimum atomic E-state index is -1.36. The number of carboxylic acids is 1. The summed E-state index contributed by atoms with van der Waals surface area (Å²) in [6.07, 6.45) is 0.445. The van der Waals surface area contributed by atoms with Crippen molar-refractivity contribution in [3.05, 3.63) is 217 Å². The van der Waals surface area contributed by atoms with Gasteiger partial charge in [0.05, 0.1) is 121 Å². The topological polar surface area (TPSA) is 498 Å². The molecule has 0 unspecified atom stereocenters. The summed E-state index contributed by atoms with van der Waals surface area (Å²) in [5.41, 5.74) is 12.5. The molecule has 6 heterocycles. The van der Waals surface area contributed by atoms with E-state index in [4.69, 9.17) is 68.4 Å². The summed E-state index contributed by atoms with van der Waals surface area (Å²) in [7, 11) is 14.7. The van der Waals surface area contributed by atoms with Gasteiger partial charge < -0.3 is 97.9 Å². The first-order valence-electron chi connectivity index (χ1n) is 39.4. The fourth-order valence-corrected chi connectivity index (χ4v) is 12.9. The van der Waals surface area contributed by atoms with Crippen LogP contribution in [0.1, 0.15) is 125 Å². The Labute approximate surface area is 852 Å². The number of ether oxygens (including phenoxy) is 7. The molecule has 10 aromatic rings. The van der Waals surface area contributed by atoms with Crippen molar-refractivity contribution in [3.63, 3.8) is 0 Å². The van der Waals surface area contributed by atoms with Gasteiger partial charge in [0.15, 0.2) is 128 Å². The number of hydrogen-bond acceptors (Lipinski definition) is 31. The number of nitrogens with one attached hydrogen (secondary N) is 4. The number of aromatic hydroxyl groups is 1. The zero-order chi connectivity index (χ0) is 109. The molecule has 2 aromatic heterocycles. The van der Waals surface area contributed by atoms with E-state index in [1.54, 1.807) is 36.8 Å². The number of aromatic nitrogens is 6. The van der Waals surface area contributed by atoms with Gasteiger partial charge >= 0.3 is 42.1 Å². The van der Waals surface area contributed by atoms with Gasteiger partial charge in [0.25, 0.3) is 0 Å². The molecule has 4 aliphatic rings. The molecule has 14 rings (SSSR count). The second-order valence-corrected chi connectivity index (χ2v) is 33.4. The van der Waals surface area contributed by atoms with Crippen molar-refractivity contribution in [2.75, 3.05) is 94.5 Å². The van der Waals surface area contributed by atoms with E-state index >= 15 is 0 Å². The Morgan fingerprint density at radius 3 is 1.22 bits per heavy atom. The molecule has 0 aliphatic carbocycles. The normalized spacial score (nSPS) is 12.7. The third kappa shape index (κ3) is 32.8. The molecule has 56 heteroatoms. The van der Waals surface area contributed by atoms with E-state index in [0.717, 1.165) is 55.5 Å². The standard InChI is InChI=1S/C13H13BrF2N4O.C13H14F2N4O.C12H13F2NO2.C12H13F2NOS.C7H6BrF2NO.C7H5F2NO3.C7H7F2NO.C6H3F2NO3.C4H9NO2.C3H6O.CH3I.CH4O.CH4.BHNS.H3N/c1-5-18-19-12-13(2,3)17-9-8(16)7(15)6(14)11(21-4)10(9)20(5)12;1-6-17-18-12-13(2,3)16-10-9(15)7(14)5-8(20-4)11(10)19(6)12;1-12(2)9(16)4-6-8(17-3)5-7(13)10(14)11(6)15-12;1-12(2)9(17)4-6-8(16-3)5-7(13)10(14)11(6)15-12;1-12-4-2-3(9)6(10)5(8)7(4)11;1-13-7-3-5(9)4(8)2-6(7)10(11)12;1-11-7-3-5(9)4(8)2-6(7)10;7-3-1-5(9(11)12)6(10)2-4(3)8;1-4(2,5)3(6)7;1-3(2)4;2*1-2;;1-2-3;/h17H,1-4H3;5,16H,1-4H3;2*5,15H,4H2,1-3H3;2H,11H2,1H3;2-3H,1H3;2-3H,10H2,1H3;1-2,10H;5H2,1-2H3,(H,6,7);1-2H3;1H3;2H,1H3;1H4;3H;1H3. The fraction of sp³-hybridized carbons (Fsp3) is 0.356. The van der Waals surface area contributed by atoms with Crippen LogP contribution in [0.15, 0.2) is 73.9 Å². The Morgan fingerprint density at radius 1 is 0.510 bits per heavy atom. The van der Waals surface area contributed by atoms with Crippen LogP contribution in [0.3, 0.4) is 0 Å². The van der Waals surface area contributed by atoms with Crippen LogP contribution < -0.4 is 77.8 Å². The number of ketones is 2. The Hall–Kier alpha value is -12.4. The van der Waals surface area contributed by atoms with Crippen LogP contribution in [0.4, 0.5) is 116 Å². The van der Waals surface area contributed by atoms with Crippen molar-refractivity contribution in [1.29, 1.82) is 0 Å².